The standard InChI is InChI=1S/C25H32N6O5/c1-3-11-35-14-10-31-20-15-19(18-4-5-21(34-2)27-16-18)17-28-23(20)29-24(25(31)33)26-7-6-22(32)30-8-12-36-13-9-30/h4-5,15-17H,3,6-14H2,1-2H3,(H,26,28,29). The maximum atomic E-state index is 13.4. The van der Waals surface area contributed by atoms with E-state index in [0.717, 1.165) is 17.5 Å². The Hall–Kier alpha value is -3.57. The first-order chi connectivity index (χ1) is 17.6. The molecule has 0 bridgehead atoms. The van der Waals surface area contributed by atoms with Crippen molar-refractivity contribution in [3.63, 3.8) is 0 Å². The molecule has 36 heavy (non-hydrogen) atoms. The van der Waals surface area contributed by atoms with E-state index in [0.29, 0.717) is 69.7 Å². The molecule has 11 heteroatoms. The van der Waals surface area contributed by atoms with E-state index in [4.69, 9.17) is 14.2 Å². The third kappa shape index (κ3) is 6.16. The van der Waals surface area contributed by atoms with Crippen molar-refractivity contribution in [3.05, 3.63) is 40.9 Å². The molecule has 0 unspecified atom stereocenters. The van der Waals surface area contributed by atoms with Crippen molar-refractivity contribution in [1.82, 2.24) is 24.4 Å². The minimum Gasteiger partial charge on any atom is -0.481 e. The molecule has 4 heterocycles. The lowest BCUT2D eigenvalue weighted by Gasteiger charge is -2.26. The van der Waals surface area contributed by atoms with Crippen LogP contribution in [0.3, 0.4) is 0 Å². The number of carbonyl (C=O) groups excluding carboxylic acids is 1. The minimum absolute atomic E-state index is 0.0238. The largest absolute Gasteiger partial charge is 0.481 e. The molecular formula is C25H32N6O5. The Kier molecular flexibility index (Phi) is 8.80. The van der Waals surface area contributed by atoms with Gasteiger partial charge in [0.05, 0.1) is 32.4 Å². The summed E-state index contributed by atoms with van der Waals surface area (Å²) in [6, 6.07) is 5.54. The number of carbonyl (C=O) groups is 1. The minimum atomic E-state index is -0.284. The maximum absolute atomic E-state index is 13.4. The van der Waals surface area contributed by atoms with Gasteiger partial charge in [-0.1, -0.05) is 6.92 Å². The van der Waals surface area contributed by atoms with Crippen LogP contribution >= 0.6 is 0 Å². The topological polar surface area (TPSA) is 121 Å². The van der Waals surface area contributed by atoms with Crippen LogP contribution in [0.1, 0.15) is 19.8 Å². The van der Waals surface area contributed by atoms with Gasteiger partial charge in [-0.15, -0.1) is 0 Å². The monoisotopic (exact) mass is 496 g/mol. The zero-order valence-corrected chi connectivity index (χ0v) is 20.7. The van der Waals surface area contributed by atoms with Crippen molar-refractivity contribution in [2.75, 3.05) is 58.5 Å². The molecule has 0 saturated carbocycles. The van der Waals surface area contributed by atoms with Gasteiger partial charge in [-0.2, -0.15) is 0 Å². The Balaban J connectivity index is 1.58. The number of ether oxygens (including phenoxy) is 3. The number of methoxy groups -OCH3 is 1. The summed E-state index contributed by atoms with van der Waals surface area (Å²) in [5.41, 5.74) is 2.39. The number of rotatable bonds is 11. The molecule has 0 aromatic carbocycles. The smallest absolute Gasteiger partial charge is 0.293 e. The predicted molar refractivity (Wildman–Crippen MR) is 135 cm³/mol. The van der Waals surface area contributed by atoms with Gasteiger partial charge in [-0.25, -0.2) is 15.0 Å². The Morgan fingerprint density at radius 1 is 1.14 bits per heavy atom. The number of morpholine rings is 1. The van der Waals surface area contributed by atoms with E-state index in [2.05, 4.69) is 20.3 Å². The molecule has 1 saturated heterocycles. The molecule has 1 aliphatic rings. The second-order valence-corrected chi connectivity index (χ2v) is 8.36. The van der Waals surface area contributed by atoms with Gasteiger partial charge in [-0.05, 0) is 18.6 Å². The summed E-state index contributed by atoms with van der Waals surface area (Å²) in [4.78, 5) is 40.9. The number of aromatic nitrogens is 4. The highest BCUT2D eigenvalue weighted by atomic mass is 16.5. The van der Waals surface area contributed by atoms with Crippen molar-refractivity contribution in [2.24, 2.45) is 0 Å². The van der Waals surface area contributed by atoms with Gasteiger partial charge in [0.25, 0.3) is 5.56 Å². The van der Waals surface area contributed by atoms with Crippen molar-refractivity contribution in [2.45, 2.75) is 26.3 Å². The molecule has 3 aromatic heterocycles. The molecule has 0 aliphatic carbocycles. The van der Waals surface area contributed by atoms with E-state index in [9.17, 15) is 9.59 Å². The molecular weight excluding hydrogens is 464 g/mol. The average Bonchev–Trinajstić information content (AvgIpc) is 2.92. The summed E-state index contributed by atoms with van der Waals surface area (Å²) in [6.07, 6.45) is 4.55. The fourth-order valence-electron chi connectivity index (χ4n) is 3.95. The normalized spacial score (nSPS) is 13.7. The lowest BCUT2D eigenvalue weighted by Crippen LogP contribution is -2.41. The molecule has 0 radical (unpaired) electrons. The highest BCUT2D eigenvalue weighted by molar-refractivity contribution is 5.79. The highest BCUT2D eigenvalue weighted by Crippen LogP contribution is 2.23. The lowest BCUT2D eigenvalue weighted by molar-refractivity contribution is -0.134. The molecule has 1 N–H and O–H groups in total. The van der Waals surface area contributed by atoms with Gasteiger partial charge >= 0.3 is 0 Å². The fourth-order valence-corrected chi connectivity index (χ4v) is 3.95. The zero-order chi connectivity index (χ0) is 25.3. The Labute approximate surface area is 209 Å². The van der Waals surface area contributed by atoms with Crippen LogP contribution < -0.4 is 15.6 Å². The number of nitrogens with one attached hydrogen (secondary N) is 1. The summed E-state index contributed by atoms with van der Waals surface area (Å²) in [7, 11) is 1.56. The van der Waals surface area contributed by atoms with E-state index in [-0.39, 0.29) is 23.7 Å². The van der Waals surface area contributed by atoms with Crippen LogP contribution in [0.25, 0.3) is 22.3 Å². The van der Waals surface area contributed by atoms with Crippen molar-refractivity contribution >= 4 is 22.9 Å². The number of pyridine rings is 2. The van der Waals surface area contributed by atoms with Crippen LogP contribution in [0.15, 0.2) is 35.4 Å². The summed E-state index contributed by atoms with van der Waals surface area (Å²) < 4.78 is 17.7. The third-order valence-corrected chi connectivity index (χ3v) is 5.89. The third-order valence-electron chi connectivity index (χ3n) is 5.89. The van der Waals surface area contributed by atoms with Crippen molar-refractivity contribution < 1.29 is 19.0 Å². The van der Waals surface area contributed by atoms with Crippen LogP contribution in [0.5, 0.6) is 5.88 Å². The summed E-state index contributed by atoms with van der Waals surface area (Å²) in [6.45, 7) is 5.97. The summed E-state index contributed by atoms with van der Waals surface area (Å²) in [5, 5.41) is 3.05. The molecule has 1 aliphatic heterocycles. The Morgan fingerprint density at radius 2 is 1.94 bits per heavy atom. The van der Waals surface area contributed by atoms with Crippen LogP contribution in [0.2, 0.25) is 0 Å². The SMILES string of the molecule is CCCOCCn1c(=O)c(NCCC(=O)N2CCOCC2)nc2ncc(-c3ccc(OC)nc3)cc21. The quantitative estimate of drug-likeness (QED) is 0.397. The van der Waals surface area contributed by atoms with Gasteiger partial charge in [0.1, 0.15) is 0 Å². The van der Waals surface area contributed by atoms with Gasteiger partial charge < -0.3 is 24.4 Å². The van der Waals surface area contributed by atoms with Gasteiger partial charge in [0.15, 0.2) is 11.5 Å². The maximum Gasteiger partial charge on any atom is 0.293 e. The van der Waals surface area contributed by atoms with Crippen LogP contribution in [-0.4, -0.2) is 83.5 Å². The van der Waals surface area contributed by atoms with Gasteiger partial charge in [-0.3, -0.25) is 14.2 Å². The molecule has 0 spiro atoms. The Morgan fingerprint density at radius 3 is 2.67 bits per heavy atom. The average molecular weight is 497 g/mol. The zero-order valence-electron chi connectivity index (χ0n) is 20.7. The molecule has 1 fully saturated rings. The summed E-state index contributed by atoms with van der Waals surface area (Å²) in [5.74, 6) is 0.705. The molecule has 3 aromatic rings. The van der Waals surface area contributed by atoms with Crippen LogP contribution in [0, 0.1) is 0 Å². The van der Waals surface area contributed by atoms with E-state index >= 15 is 0 Å². The van der Waals surface area contributed by atoms with E-state index in [1.54, 1.807) is 35.0 Å². The first kappa shape index (κ1) is 25.5. The van der Waals surface area contributed by atoms with Crippen molar-refractivity contribution in [1.29, 1.82) is 0 Å². The number of nitrogens with zero attached hydrogens (tertiary/aromatic N) is 5. The molecule has 0 atom stereocenters. The van der Waals surface area contributed by atoms with Crippen molar-refractivity contribution in [3.8, 4) is 17.0 Å². The molecule has 1 amide bonds. The van der Waals surface area contributed by atoms with E-state index in [1.165, 1.54) is 0 Å². The second-order valence-electron chi connectivity index (χ2n) is 8.36. The molecule has 192 valence electrons. The Bertz CT molecular complexity index is 1220. The number of hydrogen-bond donors (Lipinski definition) is 1. The van der Waals surface area contributed by atoms with Gasteiger partial charge in [0.2, 0.25) is 11.8 Å². The highest BCUT2D eigenvalue weighted by Gasteiger charge is 2.18. The number of anilines is 1. The predicted octanol–water partition coefficient (Wildman–Crippen LogP) is 1.95. The lowest BCUT2D eigenvalue weighted by atomic mass is 10.1. The van der Waals surface area contributed by atoms with Crippen LogP contribution in [-0.2, 0) is 20.8 Å². The molecule has 4 rings (SSSR count). The van der Waals surface area contributed by atoms with E-state index in [1.807, 2.05) is 19.1 Å². The molecule has 11 nitrogen and oxygen atoms in total. The number of fused-ring (bicyclic) bond motifs is 1. The van der Waals surface area contributed by atoms with E-state index < -0.39 is 0 Å². The fraction of sp³-hybridized carbons (Fsp3) is 0.480. The van der Waals surface area contributed by atoms with Crippen LogP contribution in [0.4, 0.5) is 5.82 Å². The van der Waals surface area contributed by atoms with Gasteiger partial charge in [0, 0.05) is 68.8 Å². The number of hydrogen-bond acceptors (Lipinski definition) is 9. The summed E-state index contributed by atoms with van der Waals surface area (Å²) >= 11 is 0. The second kappa shape index (κ2) is 12.4. The number of amides is 1. The first-order valence-corrected chi connectivity index (χ1v) is 12.2. The first-order valence-electron chi connectivity index (χ1n) is 12.2.